The van der Waals surface area contributed by atoms with Crippen LogP contribution in [0.15, 0.2) is 18.2 Å². The molecular formula is C28H36O3. The Labute approximate surface area is 186 Å². The largest absolute Gasteiger partial charge is 0.504 e. The van der Waals surface area contributed by atoms with Gasteiger partial charge in [0.1, 0.15) is 5.78 Å². The van der Waals surface area contributed by atoms with Crippen LogP contribution in [-0.4, -0.2) is 16.0 Å². The highest BCUT2D eigenvalue weighted by atomic mass is 16.3. The van der Waals surface area contributed by atoms with Gasteiger partial charge >= 0.3 is 0 Å². The first-order chi connectivity index (χ1) is 14.4. The Morgan fingerprint density at radius 2 is 1.81 bits per heavy atom. The Kier molecular flexibility index (Phi) is 4.07. The molecule has 4 aliphatic rings. The summed E-state index contributed by atoms with van der Waals surface area (Å²) in [5.74, 6) is 1.06. The van der Waals surface area contributed by atoms with Gasteiger partial charge in [0.15, 0.2) is 11.5 Å². The second-order valence-corrected chi connectivity index (χ2v) is 11.9. The number of carbonyl (C=O) groups excluding carboxylic acids is 1. The first-order valence-corrected chi connectivity index (χ1v) is 11.9. The van der Waals surface area contributed by atoms with Gasteiger partial charge in [-0.3, -0.25) is 4.79 Å². The van der Waals surface area contributed by atoms with Crippen molar-refractivity contribution in [2.24, 2.45) is 33.5 Å². The van der Waals surface area contributed by atoms with Crippen molar-refractivity contribution in [1.82, 2.24) is 0 Å². The normalized spacial score (nSPS) is 43.4. The number of fused-ring (bicyclic) bond motifs is 7. The lowest BCUT2D eigenvalue weighted by Gasteiger charge is -2.69. The minimum Gasteiger partial charge on any atom is -0.504 e. The molecule has 0 saturated heterocycles. The van der Waals surface area contributed by atoms with Crippen LogP contribution in [0, 0.1) is 40.4 Å². The zero-order chi connectivity index (χ0) is 22.6. The molecule has 1 aromatic carbocycles. The zero-order valence-corrected chi connectivity index (χ0v) is 19.8. The lowest BCUT2D eigenvalue weighted by Crippen LogP contribution is -2.63. The molecule has 5 rings (SSSR count). The summed E-state index contributed by atoms with van der Waals surface area (Å²) in [5.41, 5.74) is 4.18. The van der Waals surface area contributed by atoms with Crippen molar-refractivity contribution in [3.05, 3.63) is 34.9 Å². The number of aromatic hydroxyl groups is 2. The Bertz CT molecular complexity index is 1060. The van der Waals surface area contributed by atoms with Crippen molar-refractivity contribution < 1.29 is 15.0 Å². The molecule has 0 aliphatic heterocycles. The quantitative estimate of drug-likeness (QED) is 0.462. The van der Waals surface area contributed by atoms with Gasteiger partial charge in [0, 0.05) is 23.3 Å². The molecule has 0 bridgehead atoms. The predicted molar refractivity (Wildman–Crippen MR) is 125 cm³/mol. The van der Waals surface area contributed by atoms with Crippen LogP contribution >= 0.6 is 0 Å². The molecule has 0 heterocycles. The molecule has 3 nitrogen and oxygen atoms in total. The maximum atomic E-state index is 12.7. The molecule has 6 unspecified atom stereocenters. The highest BCUT2D eigenvalue weighted by Crippen LogP contribution is 2.75. The van der Waals surface area contributed by atoms with E-state index < -0.39 is 0 Å². The van der Waals surface area contributed by atoms with E-state index in [1.54, 1.807) is 6.07 Å². The summed E-state index contributed by atoms with van der Waals surface area (Å²) >= 11 is 0. The first kappa shape index (κ1) is 20.8. The third-order valence-corrected chi connectivity index (χ3v) is 10.7. The molecular weight excluding hydrogens is 384 g/mol. The highest BCUT2D eigenvalue weighted by molar-refractivity contribution is 5.88. The molecule has 2 saturated carbocycles. The van der Waals surface area contributed by atoms with Crippen molar-refractivity contribution in [3.8, 4) is 11.5 Å². The number of phenols is 2. The Morgan fingerprint density at radius 1 is 1.10 bits per heavy atom. The third kappa shape index (κ3) is 2.33. The van der Waals surface area contributed by atoms with Gasteiger partial charge in [0.25, 0.3) is 0 Å². The maximum absolute atomic E-state index is 12.7. The van der Waals surface area contributed by atoms with Crippen molar-refractivity contribution in [3.63, 3.8) is 0 Å². The maximum Gasteiger partial charge on any atom is 0.161 e. The van der Waals surface area contributed by atoms with E-state index in [0.717, 1.165) is 48.8 Å². The van der Waals surface area contributed by atoms with Crippen LogP contribution < -0.4 is 0 Å². The van der Waals surface area contributed by atoms with Gasteiger partial charge in [0.05, 0.1) is 0 Å². The Morgan fingerprint density at radius 3 is 2.52 bits per heavy atom. The van der Waals surface area contributed by atoms with Crippen LogP contribution in [0.1, 0.15) is 83.4 Å². The number of carbonyl (C=O) groups is 1. The van der Waals surface area contributed by atoms with E-state index in [1.165, 1.54) is 5.57 Å². The van der Waals surface area contributed by atoms with E-state index in [0.29, 0.717) is 11.7 Å². The van der Waals surface area contributed by atoms with E-state index in [-0.39, 0.29) is 39.1 Å². The number of allylic oxidation sites excluding steroid dienone is 3. The highest BCUT2D eigenvalue weighted by Gasteiger charge is 2.67. The van der Waals surface area contributed by atoms with Crippen LogP contribution in [-0.2, 0) is 4.79 Å². The predicted octanol–water partition coefficient (Wildman–Crippen LogP) is 6.65. The van der Waals surface area contributed by atoms with Gasteiger partial charge in [-0.15, -0.1) is 0 Å². The van der Waals surface area contributed by atoms with Crippen molar-refractivity contribution >= 4 is 17.4 Å². The summed E-state index contributed by atoms with van der Waals surface area (Å²) in [6.07, 6.45) is 11.8. The summed E-state index contributed by atoms with van der Waals surface area (Å²) in [6, 6.07) is 1.76. The number of ketones is 1. The van der Waals surface area contributed by atoms with Crippen LogP contribution in [0.2, 0.25) is 0 Å². The molecule has 31 heavy (non-hydrogen) atoms. The average molecular weight is 421 g/mol. The van der Waals surface area contributed by atoms with Gasteiger partial charge < -0.3 is 10.2 Å². The Hall–Kier alpha value is -2.03. The van der Waals surface area contributed by atoms with E-state index >= 15 is 0 Å². The minimum absolute atomic E-state index is 0.0197. The molecule has 0 amide bonds. The SMILES string of the molecule is Cc1c(O)c(O)cc2c1C=CC1(C)C2=CCC2(C)C3CC(C)C(=O)CC3(C)CCC12C. The summed E-state index contributed by atoms with van der Waals surface area (Å²) in [5, 5.41) is 20.7. The fourth-order valence-corrected chi connectivity index (χ4v) is 8.16. The molecule has 0 spiro atoms. The number of hydrogen-bond acceptors (Lipinski definition) is 3. The Balaban J connectivity index is 1.69. The molecule has 3 heteroatoms. The number of hydrogen-bond donors (Lipinski definition) is 2. The van der Waals surface area contributed by atoms with Crippen molar-refractivity contribution in [2.75, 3.05) is 0 Å². The van der Waals surface area contributed by atoms with Crippen LogP contribution in [0.25, 0.3) is 11.6 Å². The number of rotatable bonds is 0. The molecule has 2 N–H and O–H groups in total. The van der Waals surface area contributed by atoms with Crippen LogP contribution in [0.5, 0.6) is 11.5 Å². The molecule has 166 valence electrons. The van der Waals surface area contributed by atoms with E-state index in [9.17, 15) is 15.0 Å². The number of phenolic OH excluding ortho intramolecular Hbond substituents is 2. The third-order valence-electron chi connectivity index (χ3n) is 10.7. The summed E-state index contributed by atoms with van der Waals surface area (Å²) < 4.78 is 0. The number of benzene rings is 1. The second kappa shape index (κ2) is 6.05. The van der Waals surface area contributed by atoms with Crippen LogP contribution in [0.3, 0.4) is 0 Å². The van der Waals surface area contributed by atoms with Gasteiger partial charge in [-0.2, -0.15) is 0 Å². The fourth-order valence-electron chi connectivity index (χ4n) is 8.16. The zero-order valence-electron chi connectivity index (χ0n) is 19.8. The van der Waals surface area contributed by atoms with Gasteiger partial charge in [-0.25, -0.2) is 0 Å². The smallest absolute Gasteiger partial charge is 0.161 e. The van der Waals surface area contributed by atoms with E-state index in [2.05, 4.69) is 52.8 Å². The average Bonchev–Trinajstić information content (AvgIpc) is 2.70. The molecule has 2 fully saturated rings. The van der Waals surface area contributed by atoms with Gasteiger partial charge in [0.2, 0.25) is 0 Å². The van der Waals surface area contributed by atoms with Gasteiger partial charge in [-0.1, -0.05) is 52.8 Å². The lowest BCUT2D eigenvalue weighted by molar-refractivity contribution is -0.173. The van der Waals surface area contributed by atoms with Crippen molar-refractivity contribution in [2.45, 2.75) is 73.6 Å². The van der Waals surface area contributed by atoms with E-state index in [1.807, 2.05) is 6.92 Å². The second-order valence-electron chi connectivity index (χ2n) is 11.9. The monoisotopic (exact) mass is 420 g/mol. The first-order valence-electron chi connectivity index (χ1n) is 11.9. The molecule has 4 aliphatic carbocycles. The topological polar surface area (TPSA) is 57.5 Å². The van der Waals surface area contributed by atoms with E-state index in [4.69, 9.17) is 0 Å². The summed E-state index contributed by atoms with van der Waals surface area (Å²) in [7, 11) is 0. The molecule has 1 aromatic rings. The standard InChI is InChI=1S/C28H36O3/c1-16-13-23-25(3,15-22(16)30)11-12-28(6)26(4)9-7-18-17(2)24(31)21(29)14-19(18)20(26)8-10-27(23,28)5/h7-9,14,16,23,29,31H,10-13,15H2,1-6H3. The lowest BCUT2D eigenvalue weighted by atomic mass is 9.34. The molecule has 6 atom stereocenters. The van der Waals surface area contributed by atoms with Crippen molar-refractivity contribution in [1.29, 1.82) is 0 Å². The molecule has 0 aromatic heterocycles. The minimum atomic E-state index is -0.158. The summed E-state index contributed by atoms with van der Waals surface area (Å²) in [4.78, 5) is 12.7. The summed E-state index contributed by atoms with van der Waals surface area (Å²) in [6.45, 7) is 13.7. The fraction of sp³-hybridized carbons (Fsp3) is 0.607. The van der Waals surface area contributed by atoms with Crippen LogP contribution in [0.4, 0.5) is 0 Å². The molecule has 0 radical (unpaired) electrons. The van der Waals surface area contributed by atoms with Gasteiger partial charge in [-0.05, 0) is 77.5 Å². The number of Topliss-reactive ketones (excluding diaryl/α,β-unsaturated/α-hetero) is 1.